The molecule has 3 rings (SSSR count). The maximum Gasteiger partial charge on any atom is 0.269 e. The second-order valence-corrected chi connectivity index (χ2v) is 3.89. The van der Waals surface area contributed by atoms with E-state index in [1.54, 1.807) is 0 Å². The lowest BCUT2D eigenvalue weighted by atomic mass is 10.2. The number of rotatable bonds is 2. The molecule has 17 heavy (non-hydrogen) atoms. The third-order valence-corrected chi connectivity index (χ3v) is 2.71. The molecule has 0 saturated carbocycles. The zero-order valence-corrected chi connectivity index (χ0v) is 9.51. The first-order valence-corrected chi connectivity index (χ1v) is 5.69. The lowest BCUT2D eigenvalue weighted by Crippen LogP contribution is -2.23. The number of benzene rings is 1. The molecule has 0 spiro atoms. The third kappa shape index (κ3) is 1.84. The first-order chi connectivity index (χ1) is 8.36. The molecule has 1 aliphatic rings. The Morgan fingerprint density at radius 3 is 3.12 bits per heavy atom. The predicted octanol–water partition coefficient (Wildman–Crippen LogP) is 2.18. The van der Waals surface area contributed by atoms with Gasteiger partial charge in [0, 0.05) is 6.42 Å². The summed E-state index contributed by atoms with van der Waals surface area (Å²) in [6.07, 6.45) is 0.554. The highest BCUT2D eigenvalue weighted by molar-refractivity contribution is 5.57. The van der Waals surface area contributed by atoms with Crippen molar-refractivity contribution >= 4 is 5.69 Å². The number of aryl methyl sites for hydroxylation is 1. The Hall–Kier alpha value is -2.04. The van der Waals surface area contributed by atoms with Gasteiger partial charge in [0.1, 0.15) is 5.75 Å². The summed E-state index contributed by atoms with van der Waals surface area (Å²) in [5.74, 6) is 2.06. The van der Waals surface area contributed by atoms with Gasteiger partial charge >= 0.3 is 0 Å². The number of hydrogen-bond acceptors (Lipinski definition) is 5. The highest BCUT2D eigenvalue weighted by Crippen LogP contribution is 2.33. The van der Waals surface area contributed by atoms with Crippen LogP contribution in [0.2, 0.25) is 0 Å². The minimum absolute atomic E-state index is 0.210. The average Bonchev–Trinajstić information content (AvgIpc) is 2.87. The van der Waals surface area contributed by atoms with Gasteiger partial charge in [-0.3, -0.25) is 0 Å². The van der Waals surface area contributed by atoms with Crippen LogP contribution in [0.3, 0.4) is 0 Å². The van der Waals surface area contributed by atoms with Crippen molar-refractivity contribution in [3.05, 3.63) is 36.0 Å². The maximum absolute atomic E-state index is 5.82. The molecule has 5 nitrogen and oxygen atoms in total. The van der Waals surface area contributed by atoms with Crippen molar-refractivity contribution in [2.45, 2.75) is 19.4 Å². The molecular formula is C12H13N3O2. The predicted molar refractivity (Wildman–Crippen MR) is 62.0 cm³/mol. The smallest absolute Gasteiger partial charge is 0.269 e. The summed E-state index contributed by atoms with van der Waals surface area (Å²) < 4.78 is 11.0. The van der Waals surface area contributed by atoms with E-state index in [1.165, 1.54) is 0 Å². The van der Waals surface area contributed by atoms with Crippen molar-refractivity contribution in [2.75, 3.05) is 11.9 Å². The summed E-state index contributed by atoms with van der Waals surface area (Å²) in [7, 11) is 0. The topological polar surface area (TPSA) is 60.2 Å². The molecule has 1 aliphatic heterocycles. The van der Waals surface area contributed by atoms with Crippen LogP contribution in [0.25, 0.3) is 0 Å². The minimum Gasteiger partial charge on any atom is -0.477 e. The van der Waals surface area contributed by atoms with Gasteiger partial charge in [0.2, 0.25) is 0 Å². The van der Waals surface area contributed by atoms with Gasteiger partial charge in [-0.05, 0) is 12.1 Å². The normalized spacial score (nSPS) is 18.1. The molecule has 2 aromatic rings. The molecule has 0 bridgehead atoms. The Balaban J connectivity index is 1.84. The fourth-order valence-electron chi connectivity index (χ4n) is 1.79. The molecule has 1 atom stereocenters. The van der Waals surface area contributed by atoms with Crippen molar-refractivity contribution in [3.8, 4) is 5.75 Å². The second kappa shape index (κ2) is 4.08. The van der Waals surface area contributed by atoms with E-state index >= 15 is 0 Å². The zero-order chi connectivity index (χ0) is 11.7. The van der Waals surface area contributed by atoms with Crippen LogP contribution in [-0.2, 0) is 6.42 Å². The Morgan fingerprint density at radius 2 is 2.29 bits per heavy atom. The van der Waals surface area contributed by atoms with Crippen LogP contribution >= 0.6 is 0 Å². The molecule has 1 aromatic carbocycles. The summed E-state index contributed by atoms with van der Waals surface area (Å²) in [6.45, 7) is 2.63. The highest BCUT2D eigenvalue weighted by atomic mass is 16.5. The minimum atomic E-state index is -0.210. The fourth-order valence-corrected chi connectivity index (χ4v) is 1.79. The van der Waals surface area contributed by atoms with Crippen molar-refractivity contribution in [2.24, 2.45) is 0 Å². The van der Waals surface area contributed by atoms with Gasteiger partial charge in [-0.15, -0.1) is 0 Å². The Morgan fingerprint density at radius 1 is 1.41 bits per heavy atom. The van der Waals surface area contributed by atoms with Crippen LogP contribution in [0.4, 0.5) is 5.69 Å². The van der Waals surface area contributed by atoms with E-state index in [4.69, 9.17) is 9.26 Å². The van der Waals surface area contributed by atoms with Crippen LogP contribution in [0, 0.1) is 0 Å². The van der Waals surface area contributed by atoms with Gasteiger partial charge in [-0.1, -0.05) is 24.2 Å². The number of fused-ring (bicyclic) bond motifs is 1. The van der Waals surface area contributed by atoms with Crippen LogP contribution < -0.4 is 10.1 Å². The van der Waals surface area contributed by atoms with Crippen LogP contribution in [-0.4, -0.2) is 16.7 Å². The lowest BCUT2D eigenvalue weighted by Gasteiger charge is -2.24. The monoisotopic (exact) mass is 231 g/mol. The lowest BCUT2D eigenvalue weighted by molar-refractivity contribution is 0.162. The third-order valence-electron chi connectivity index (χ3n) is 2.71. The molecule has 0 fully saturated rings. The Bertz CT molecular complexity index is 524. The van der Waals surface area contributed by atoms with E-state index in [0.29, 0.717) is 18.3 Å². The molecule has 0 amide bonds. The molecule has 0 saturated heterocycles. The van der Waals surface area contributed by atoms with Crippen molar-refractivity contribution in [1.29, 1.82) is 0 Å². The maximum atomic E-state index is 5.82. The van der Waals surface area contributed by atoms with Crippen LogP contribution in [0.15, 0.2) is 28.8 Å². The molecule has 1 aromatic heterocycles. The van der Waals surface area contributed by atoms with Crippen molar-refractivity contribution < 1.29 is 9.26 Å². The van der Waals surface area contributed by atoms with E-state index in [2.05, 4.69) is 15.5 Å². The largest absolute Gasteiger partial charge is 0.477 e. The van der Waals surface area contributed by atoms with Crippen molar-refractivity contribution in [3.63, 3.8) is 0 Å². The van der Waals surface area contributed by atoms with Crippen LogP contribution in [0.5, 0.6) is 5.75 Å². The SMILES string of the molecule is CCc1noc(C2CNc3ccccc3O2)n1. The number of aromatic nitrogens is 2. The van der Waals surface area contributed by atoms with E-state index in [1.807, 2.05) is 31.2 Å². The van der Waals surface area contributed by atoms with Gasteiger partial charge in [-0.2, -0.15) is 4.98 Å². The summed E-state index contributed by atoms with van der Waals surface area (Å²) >= 11 is 0. The standard InChI is InChI=1S/C12H13N3O2/c1-2-11-14-12(17-15-11)10-7-13-8-5-3-4-6-9(8)16-10/h3-6,10,13H,2,7H2,1H3. The van der Waals surface area contributed by atoms with E-state index < -0.39 is 0 Å². The molecule has 0 aliphatic carbocycles. The first kappa shape index (κ1) is 10.1. The van der Waals surface area contributed by atoms with Crippen molar-refractivity contribution in [1.82, 2.24) is 10.1 Å². The van der Waals surface area contributed by atoms with E-state index in [9.17, 15) is 0 Å². The number of nitrogens with one attached hydrogen (secondary N) is 1. The summed E-state index contributed by atoms with van der Waals surface area (Å²) in [5.41, 5.74) is 0.999. The van der Waals surface area contributed by atoms with Gasteiger partial charge < -0.3 is 14.6 Å². The van der Waals surface area contributed by atoms with Gasteiger partial charge in [0.05, 0.1) is 12.2 Å². The molecule has 1 N–H and O–H groups in total. The molecular weight excluding hydrogens is 218 g/mol. The van der Waals surface area contributed by atoms with E-state index in [0.717, 1.165) is 17.9 Å². The number of anilines is 1. The molecule has 2 heterocycles. The molecule has 0 radical (unpaired) electrons. The van der Waals surface area contributed by atoms with E-state index in [-0.39, 0.29) is 6.10 Å². The Labute approximate surface area is 98.8 Å². The molecule has 5 heteroatoms. The summed E-state index contributed by atoms with van der Waals surface area (Å²) in [4.78, 5) is 4.28. The number of ether oxygens (including phenoxy) is 1. The van der Waals surface area contributed by atoms with Gasteiger partial charge in [-0.25, -0.2) is 0 Å². The van der Waals surface area contributed by atoms with Gasteiger partial charge in [0.15, 0.2) is 11.9 Å². The fraction of sp³-hybridized carbons (Fsp3) is 0.333. The van der Waals surface area contributed by atoms with Crippen LogP contribution in [0.1, 0.15) is 24.7 Å². The Kier molecular flexibility index (Phi) is 2.44. The number of hydrogen-bond donors (Lipinski definition) is 1. The molecule has 1 unspecified atom stereocenters. The van der Waals surface area contributed by atoms with Gasteiger partial charge in [0.25, 0.3) is 5.89 Å². The highest BCUT2D eigenvalue weighted by Gasteiger charge is 2.25. The zero-order valence-electron chi connectivity index (χ0n) is 9.51. The number of nitrogens with zero attached hydrogens (tertiary/aromatic N) is 2. The number of para-hydroxylation sites is 2. The first-order valence-electron chi connectivity index (χ1n) is 5.69. The molecule has 88 valence electrons. The quantitative estimate of drug-likeness (QED) is 0.858. The second-order valence-electron chi connectivity index (χ2n) is 3.89. The average molecular weight is 231 g/mol. The summed E-state index contributed by atoms with van der Waals surface area (Å²) in [5, 5.41) is 7.16. The summed E-state index contributed by atoms with van der Waals surface area (Å²) in [6, 6.07) is 7.81.